The number of fused-ring (bicyclic) bond motifs is 1. The molecule has 0 bridgehead atoms. The van der Waals surface area contributed by atoms with Gasteiger partial charge in [0.2, 0.25) is 0 Å². The van der Waals surface area contributed by atoms with Gasteiger partial charge >= 0.3 is 0 Å². The number of aryl methyl sites for hydroxylation is 2. The van der Waals surface area contributed by atoms with Crippen LogP contribution >= 0.6 is 22.9 Å². The molecule has 0 aliphatic rings. The number of carbonyl (C=O) groups is 1. The van der Waals surface area contributed by atoms with Crippen molar-refractivity contribution in [1.29, 1.82) is 0 Å². The molecule has 0 spiro atoms. The van der Waals surface area contributed by atoms with Crippen molar-refractivity contribution in [3.05, 3.63) is 50.6 Å². The molecule has 0 fully saturated rings. The first-order valence-corrected chi connectivity index (χ1v) is 8.54. The molecule has 5 nitrogen and oxygen atoms in total. The molecule has 0 radical (unpaired) electrons. The zero-order valence-electron chi connectivity index (χ0n) is 13.2. The van der Waals surface area contributed by atoms with Crippen LogP contribution in [0.25, 0.3) is 5.65 Å². The molecule has 3 heterocycles. The van der Waals surface area contributed by atoms with E-state index in [0.717, 1.165) is 20.6 Å². The molecule has 7 heteroatoms. The second-order valence-electron chi connectivity index (χ2n) is 5.36. The van der Waals surface area contributed by atoms with Crippen LogP contribution in [0.15, 0.2) is 24.4 Å². The average molecular weight is 349 g/mol. The monoisotopic (exact) mass is 348 g/mol. The summed E-state index contributed by atoms with van der Waals surface area (Å²) in [6.45, 7) is 6.97. The maximum Gasteiger partial charge on any atom is 0.259 e. The van der Waals surface area contributed by atoms with Gasteiger partial charge in [-0.05, 0) is 39.0 Å². The van der Waals surface area contributed by atoms with E-state index in [2.05, 4.69) is 10.1 Å². The minimum atomic E-state index is -0.0653. The largest absolute Gasteiger partial charge is 0.334 e. The van der Waals surface area contributed by atoms with Gasteiger partial charge in [0, 0.05) is 22.8 Å². The lowest BCUT2D eigenvalue weighted by molar-refractivity contribution is 0.0756. The van der Waals surface area contributed by atoms with Crippen molar-refractivity contribution in [1.82, 2.24) is 19.5 Å². The van der Waals surface area contributed by atoms with Crippen molar-refractivity contribution in [3.63, 3.8) is 0 Å². The number of rotatable bonds is 4. The van der Waals surface area contributed by atoms with Crippen LogP contribution in [0.3, 0.4) is 0 Å². The minimum absolute atomic E-state index is 0.0653. The molecule has 0 aliphatic heterocycles. The lowest BCUT2D eigenvalue weighted by Crippen LogP contribution is -2.30. The SMILES string of the molecule is CCN(Cc1ccc(Cl)s1)C(=O)c1cnn2c(C)cc(C)nc12. The summed E-state index contributed by atoms with van der Waals surface area (Å²) in [6.07, 6.45) is 1.60. The van der Waals surface area contributed by atoms with Crippen molar-refractivity contribution in [2.75, 3.05) is 6.54 Å². The Hall–Kier alpha value is -1.92. The second kappa shape index (κ2) is 6.29. The van der Waals surface area contributed by atoms with E-state index in [0.29, 0.717) is 24.3 Å². The number of carbonyl (C=O) groups excluding carboxylic acids is 1. The molecular weight excluding hydrogens is 332 g/mol. The molecule has 3 aromatic heterocycles. The first kappa shape index (κ1) is 16.0. The van der Waals surface area contributed by atoms with Crippen LogP contribution in [0, 0.1) is 13.8 Å². The predicted molar refractivity (Wildman–Crippen MR) is 92.2 cm³/mol. The number of amides is 1. The maximum atomic E-state index is 12.9. The van der Waals surface area contributed by atoms with Crippen LogP contribution in [-0.2, 0) is 6.54 Å². The van der Waals surface area contributed by atoms with E-state index in [-0.39, 0.29) is 5.91 Å². The van der Waals surface area contributed by atoms with Gasteiger partial charge in [-0.3, -0.25) is 4.79 Å². The third-order valence-corrected chi connectivity index (χ3v) is 4.87. The summed E-state index contributed by atoms with van der Waals surface area (Å²) in [7, 11) is 0. The topological polar surface area (TPSA) is 50.5 Å². The van der Waals surface area contributed by atoms with Crippen LogP contribution in [0.1, 0.15) is 33.5 Å². The van der Waals surface area contributed by atoms with Crippen molar-refractivity contribution in [2.24, 2.45) is 0 Å². The fourth-order valence-electron chi connectivity index (χ4n) is 2.54. The van der Waals surface area contributed by atoms with Gasteiger partial charge in [0.05, 0.1) is 17.1 Å². The van der Waals surface area contributed by atoms with Crippen molar-refractivity contribution >= 4 is 34.5 Å². The van der Waals surface area contributed by atoms with Gasteiger partial charge in [0.25, 0.3) is 5.91 Å². The van der Waals surface area contributed by atoms with E-state index in [1.165, 1.54) is 11.3 Å². The Morgan fingerprint density at radius 2 is 2.17 bits per heavy atom. The predicted octanol–water partition coefficient (Wildman–Crippen LogP) is 3.72. The molecule has 0 unspecified atom stereocenters. The Labute approximate surface area is 143 Å². The highest BCUT2D eigenvalue weighted by Crippen LogP contribution is 2.23. The fraction of sp³-hybridized carbons (Fsp3) is 0.312. The molecule has 120 valence electrons. The molecule has 0 atom stereocenters. The molecule has 23 heavy (non-hydrogen) atoms. The summed E-state index contributed by atoms with van der Waals surface area (Å²) in [6, 6.07) is 5.74. The molecule has 0 N–H and O–H groups in total. The third-order valence-electron chi connectivity index (χ3n) is 3.65. The van der Waals surface area contributed by atoms with Gasteiger partial charge in [-0.1, -0.05) is 11.6 Å². The Bertz CT molecular complexity index is 870. The molecule has 0 saturated carbocycles. The number of halogens is 1. The summed E-state index contributed by atoms with van der Waals surface area (Å²) in [5, 5.41) is 4.30. The molecule has 0 saturated heterocycles. The third kappa shape index (κ3) is 3.09. The first-order valence-electron chi connectivity index (χ1n) is 7.35. The van der Waals surface area contributed by atoms with Crippen molar-refractivity contribution in [2.45, 2.75) is 27.3 Å². The number of thiophene rings is 1. The van der Waals surface area contributed by atoms with Gasteiger partial charge in [-0.15, -0.1) is 11.3 Å². The van der Waals surface area contributed by atoms with Crippen LogP contribution in [-0.4, -0.2) is 31.9 Å². The van der Waals surface area contributed by atoms with E-state index in [1.54, 1.807) is 15.6 Å². The second-order valence-corrected chi connectivity index (χ2v) is 7.16. The molecule has 3 aromatic rings. The Kier molecular flexibility index (Phi) is 4.37. The van der Waals surface area contributed by atoms with E-state index in [4.69, 9.17) is 11.6 Å². The lowest BCUT2D eigenvalue weighted by atomic mass is 10.2. The van der Waals surface area contributed by atoms with Crippen LogP contribution < -0.4 is 0 Å². The highest BCUT2D eigenvalue weighted by Gasteiger charge is 2.21. The first-order chi connectivity index (χ1) is 11.0. The summed E-state index contributed by atoms with van der Waals surface area (Å²) in [5.74, 6) is -0.0653. The molecule has 1 amide bonds. The molecular formula is C16H17ClN4OS. The summed E-state index contributed by atoms with van der Waals surface area (Å²) in [5.41, 5.74) is 2.97. The molecule has 0 aliphatic carbocycles. The van der Waals surface area contributed by atoms with Gasteiger partial charge < -0.3 is 4.90 Å². The van der Waals surface area contributed by atoms with Gasteiger partial charge in [-0.25, -0.2) is 9.50 Å². The average Bonchev–Trinajstić information content (AvgIpc) is 3.10. The summed E-state index contributed by atoms with van der Waals surface area (Å²) in [4.78, 5) is 20.2. The summed E-state index contributed by atoms with van der Waals surface area (Å²) < 4.78 is 2.43. The van der Waals surface area contributed by atoms with Gasteiger partial charge in [0.15, 0.2) is 5.65 Å². The van der Waals surface area contributed by atoms with E-state index >= 15 is 0 Å². The van der Waals surface area contributed by atoms with Crippen LogP contribution in [0.5, 0.6) is 0 Å². The van der Waals surface area contributed by atoms with E-state index in [9.17, 15) is 4.79 Å². The Morgan fingerprint density at radius 1 is 1.39 bits per heavy atom. The standard InChI is InChI=1S/C16H17ClN4OS/c1-4-20(9-12-5-6-14(17)23-12)16(22)13-8-18-21-11(3)7-10(2)19-15(13)21/h5-8H,4,9H2,1-3H3. The number of aromatic nitrogens is 3. The van der Waals surface area contributed by atoms with Crippen molar-refractivity contribution < 1.29 is 4.79 Å². The van der Waals surface area contributed by atoms with Gasteiger partial charge in [-0.2, -0.15) is 5.10 Å². The highest BCUT2D eigenvalue weighted by molar-refractivity contribution is 7.16. The number of nitrogens with zero attached hydrogens (tertiary/aromatic N) is 4. The zero-order chi connectivity index (χ0) is 16.6. The number of hydrogen-bond acceptors (Lipinski definition) is 4. The smallest absolute Gasteiger partial charge is 0.259 e. The molecule has 0 aromatic carbocycles. The zero-order valence-corrected chi connectivity index (χ0v) is 14.8. The van der Waals surface area contributed by atoms with E-state index in [1.807, 2.05) is 39.0 Å². The van der Waals surface area contributed by atoms with E-state index < -0.39 is 0 Å². The van der Waals surface area contributed by atoms with Gasteiger partial charge in [0.1, 0.15) is 5.56 Å². The minimum Gasteiger partial charge on any atom is -0.334 e. The Morgan fingerprint density at radius 3 is 2.83 bits per heavy atom. The Balaban J connectivity index is 1.95. The fourth-order valence-corrected chi connectivity index (χ4v) is 3.65. The maximum absolute atomic E-state index is 12.9. The number of hydrogen-bond donors (Lipinski definition) is 0. The summed E-state index contributed by atoms with van der Waals surface area (Å²) >= 11 is 7.46. The van der Waals surface area contributed by atoms with Crippen LogP contribution in [0.2, 0.25) is 4.34 Å². The molecule has 3 rings (SSSR count). The van der Waals surface area contributed by atoms with Crippen LogP contribution in [0.4, 0.5) is 0 Å². The van der Waals surface area contributed by atoms with Crippen molar-refractivity contribution in [3.8, 4) is 0 Å². The quantitative estimate of drug-likeness (QED) is 0.722. The lowest BCUT2D eigenvalue weighted by Gasteiger charge is -2.19. The highest BCUT2D eigenvalue weighted by atomic mass is 35.5. The normalized spacial score (nSPS) is 11.1.